The summed E-state index contributed by atoms with van der Waals surface area (Å²) in [5.74, 6) is 1.85. The molecular formula is C24H34N8O3. The number of fused-ring (bicyclic) bond motifs is 1. The molecule has 0 aromatic carbocycles. The third kappa shape index (κ3) is 4.27. The summed E-state index contributed by atoms with van der Waals surface area (Å²) in [5.41, 5.74) is 7.40. The molecule has 0 radical (unpaired) electrons. The molecule has 3 aliphatic heterocycles. The Morgan fingerprint density at radius 2 is 1.86 bits per heavy atom. The zero-order valence-electron chi connectivity index (χ0n) is 21.0. The summed E-state index contributed by atoms with van der Waals surface area (Å²) in [6.07, 6.45) is 5.11. The van der Waals surface area contributed by atoms with E-state index in [0.29, 0.717) is 32.3 Å². The van der Waals surface area contributed by atoms with Crippen LogP contribution in [-0.2, 0) is 20.7 Å². The number of carbonyl (C=O) groups is 1. The van der Waals surface area contributed by atoms with E-state index < -0.39 is 5.60 Å². The van der Waals surface area contributed by atoms with Crippen molar-refractivity contribution in [1.82, 2.24) is 24.8 Å². The van der Waals surface area contributed by atoms with Crippen LogP contribution in [0.5, 0.6) is 0 Å². The SMILES string of the molecule is COC(C)(C)C(=O)N1CC[C@](C)(N2CCc3c(-c4cnc(N)nc4)nc(N4CCOCC4)nc32)C1. The normalized spacial score (nSPS) is 22.6. The molecule has 1 amide bonds. The van der Waals surface area contributed by atoms with Crippen molar-refractivity contribution in [3.63, 3.8) is 0 Å². The molecule has 0 saturated carbocycles. The van der Waals surface area contributed by atoms with E-state index in [2.05, 4.69) is 26.7 Å². The first-order chi connectivity index (χ1) is 16.7. The topological polar surface area (TPSA) is 123 Å². The van der Waals surface area contributed by atoms with Gasteiger partial charge in [0.25, 0.3) is 5.91 Å². The zero-order valence-corrected chi connectivity index (χ0v) is 21.0. The Morgan fingerprint density at radius 3 is 2.54 bits per heavy atom. The summed E-state index contributed by atoms with van der Waals surface area (Å²) < 4.78 is 11.0. The van der Waals surface area contributed by atoms with Crippen molar-refractivity contribution in [2.75, 3.05) is 68.6 Å². The van der Waals surface area contributed by atoms with Crippen LogP contribution in [0.25, 0.3) is 11.3 Å². The highest BCUT2D eigenvalue weighted by molar-refractivity contribution is 5.85. The van der Waals surface area contributed by atoms with Gasteiger partial charge in [-0.15, -0.1) is 0 Å². The molecular weight excluding hydrogens is 448 g/mol. The molecule has 3 aliphatic rings. The number of morpholine rings is 1. The van der Waals surface area contributed by atoms with Crippen molar-refractivity contribution in [1.29, 1.82) is 0 Å². The van der Waals surface area contributed by atoms with Gasteiger partial charge in [0, 0.05) is 63.4 Å². The molecule has 0 bridgehead atoms. The second-order valence-corrected chi connectivity index (χ2v) is 10.2. The maximum absolute atomic E-state index is 13.1. The molecule has 0 aliphatic carbocycles. The van der Waals surface area contributed by atoms with Gasteiger partial charge < -0.3 is 29.9 Å². The summed E-state index contributed by atoms with van der Waals surface area (Å²) in [6, 6.07) is 0. The van der Waals surface area contributed by atoms with E-state index in [1.54, 1.807) is 19.5 Å². The summed E-state index contributed by atoms with van der Waals surface area (Å²) in [6.45, 7) is 10.7. The van der Waals surface area contributed by atoms with Gasteiger partial charge >= 0.3 is 0 Å². The van der Waals surface area contributed by atoms with E-state index in [0.717, 1.165) is 55.1 Å². The number of carbonyl (C=O) groups excluding carboxylic acids is 1. The van der Waals surface area contributed by atoms with Gasteiger partial charge in [0.15, 0.2) is 0 Å². The fourth-order valence-corrected chi connectivity index (χ4v) is 5.18. The molecule has 2 aromatic rings. The number of anilines is 3. The van der Waals surface area contributed by atoms with Crippen LogP contribution in [0, 0.1) is 0 Å². The van der Waals surface area contributed by atoms with Crippen LogP contribution in [0.2, 0.25) is 0 Å². The minimum absolute atomic E-state index is 0.0135. The number of hydrogen-bond donors (Lipinski definition) is 1. The fourth-order valence-electron chi connectivity index (χ4n) is 5.18. The molecule has 2 fully saturated rings. The largest absolute Gasteiger partial charge is 0.378 e. The van der Waals surface area contributed by atoms with E-state index in [4.69, 9.17) is 25.2 Å². The average Bonchev–Trinajstić information content (AvgIpc) is 3.49. The number of methoxy groups -OCH3 is 1. The lowest BCUT2D eigenvalue weighted by Crippen LogP contribution is -2.51. The molecule has 11 heteroatoms. The number of hydrogen-bond acceptors (Lipinski definition) is 10. The summed E-state index contributed by atoms with van der Waals surface area (Å²) in [4.78, 5) is 38.0. The Labute approximate surface area is 205 Å². The number of ether oxygens (including phenoxy) is 2. The Bertz CT molecular complexity index is 1100. The molecule has 0 unspecified atom stereocenters. The van der Waals surface area contributed by atoms with E-state index in [-0.39, 0.29) is 17.4 Å². The van der Waals surface area contributed by atoms with Gasteiger partial charge in [-0.25, -0.2) is 15.0 Å². The Balaban J connectivity index is 1.52. The van der Waals surface area contributed by atoms with Crippen LogP contribution in [0.15, 0.2) is 12.4 Å². The van der Waals surface area contributed by atoms with E-state index in [9.17, 15) is 4.79 Å². The molecule has 188 valence electrons. The number of nitrogens with zero attached hydrogens (tertiary/aromatic N) is 7. The quantitative estimate of drug-likeness (QED) is 0.663. The Kier molecular flexibility index (Phi) is 6.00. The van der Waals surface area contributed by atoms with Gasteiger partial charge in [0.05, 0.1) is 24.4 Å². The monoisotopic (exact) mass is 482 g/mol. The van der Waals surface area contributed by atoms with Gasteiger partial charge in [0.1, 0.15) is 11.4 Å². The lowest BCUT2D eigenvalue weighted by atomic mass is 9.99. The maximum atomic E-state index is 13.1. The lowest BCUT2D eigenvalue weighted by molar-refractivity contribution is -0.150. The van der Waals surface area contributed by atoms with Gasteiger partial charge in [-0.3, -0.25) is 4.79 Å². The molecule has 2 aromatic heterocycles. The van der Waals surface area contributed by atoms with Gasteiger partial charge in [0.2, 0.25) is 11.9 Å². The molecule has 5 rings (SSSR count). The average molecular weight is 483 g/mol. The molecule has 0 spiro atoms. The van der Waals surface area contributed by atoms with Crippen LogP contribution in [0.4, 0.5) is 17.7 Å². The van der Waals surface area contributed by atoms with Crippen molar-refractivity contribution in [2.45, 2.75) is 44.8 Å². The second-order valence-electron chi connectivity index (χ2n) is 10.2. The highest BCUT2D eigenvalue weighted by Crippen LogP contribution is 2.41. The third-order valence-corrected chi connectivity index (χ3v) is 7.47. The predicted octanol–water partition coefficient (Wildman–Crippen LogP) is 1.13. The minimum atomic E-state index is -0.845. The number of nitrogen functional groups attached to an aromatic ring is 1. The van der Waals surface area contributed by atoms with E-state index >= 15 is 0 Å². The molecule has 2 saturated heterocycles. The maximum Gasteiger partial charge on any atom is 0.254 e. The minimum Gasteiger partial charge on any atom is -0.378 e. The van der Waals surface area contributed by atoms with Crippen LogP contribution in [0.3, 0.4) is 0 Å². The first-order valence-electron chi connectivity index (χ1n) is 12.2. The number of amides is 1. The fraction of sp³-hybridized carbons (Fsp3) is 0.625. The van der Waals surface area contributed by atoms with Crippen LogP contribution in [-0.4, -0.2) is 94.9 Å². The van der Waals surface area contributed by atoms with Crippen molar-refractivity contribution >= 4 is 23.6 Å². The molecule has 35 heavy (non-hydrogen) atoms. The summed E-state index contributed by atoms with van der Waals surface area (Å²) in [5, 5.41) is 0. The standard InChI is InChI=1S/C24H34N8O3/c1-23(2,34-4)20(33)31-8-6-24(3,15-31)32-7-5-17-18(16-13-26-21(25)27-14-16)28-22(29-19(17)32)30-9-11-35-12-10-30/h13-14H,5-12,15H2,1-4H3,(H2,25,26,27)/t24-/m0/s1. The Hall–Kier alpha value is -3.05. The van der Waals surface area contributed by atoms with Crippen molar-refractivity contribution < 1.29 is 14.3 Å². The van der Waals surface area contributed by atoms with Crippen molar-refractivity contribution in [3.05, 3.63) is 18.0 Å². The van der Waals surface area contributed by atoms with Crippen LogP contribution < -0.4 is 15.5 Å². The molecule has 1 atom stereocenters. The first-order valence-corrected chi connectivity index (χ1v) is 12.2. The Morgan fingerprint density at radius 1 is 1.14 bits per heavy atom. The first kappa shape index (κ1) is 23.7. The number of rotatable bonds is 5. The van der Waals surface area contributed by atoms with E-state index in [1.165, 1.54) is 0 Å². The molecule has 5 heterocycles. The predicted molar refractivity (Wildman–Crippen MR) is 132 cm³/mol. The number of aromatic nitrogens is 4. The van der Waals surface area contributed by atoms with Gasteiger partial charge in [-0.1, -0.05) is 0 Å². The van der Waals surface area contributed by atoms with Gasteiger partial charge in [-0.2, -0.15) is 4.98 Å². The number of likely N-dealkylation sites (tertiary alicyclic amines) is 1. The van der Waals surface area contributed by atoms with Crippen molar-refractivity contribution in [3.8, 4) is 11.3 Å². The van der Waals surface area contributed by atoms with E-state index in [1.807, 2.05) is 18.7 Å². The smallest absolute Gasteiger partial charge is 0.254 e. The van der Waals surface area contributed by atoms with Crippen LogP contribution >= 0.6 is 0 Å². The highest BCUT2D eigenvalue weighted by Gasteiger charge is 2.46. The zero-order chi connectivity index (χ0) is 24.8. The highest BCUT2D eigenvalue weighted by atomic mass is 16.5. The third-order valence-electron chi connectivity index (χ3n) is 7.47. The number of nitrogens with two attached hydrogens (primary N) is 1. The molecule has 2 N–H and O–H groups in total. The second kappa shape index (κ2) is 8.87. The molecule has 11 nitrogen and oxygen atoms in total. The summed E-state index contributed by atoms with van der Waals surface area (Å²) in [7, 11) is 1.58. The summed E-state index contributed by atoms with van der Waals surface area (Å²) >= 11 is 0. The van der Waals surface area contributed by atoms with Crippen LogP contribution in [0.1, 0.15) is 32.8 Å². The van der Waals surface area contributed by atoms with Crippen molar-refractivity contribution in [2.24, 2.45) is 0 Å². The van der Waals surface area contributed by atoms with Gasteiger partial charge in [-0.05, 0) is 33.6 Å². The lowest BCUT2D eigenvalue weighted by Gasteiger charge is -2.38.